The summed E-state index contributed by atoms with van der Waals surface area (Å²) >= 11 is 0. The Morgan fingerprint density at radius 2 is 2.20 bits per heavy atom. The molecule has 0 aromatic carbocycles. The van der Waals surface area contributed by atoms with Crippen molar-refractivity contribution in [2.75, 3.05) is 26.7 Å². The standard InChI is InChI=1S/C9H16N2O2.C2H6/c1-11-8(12)3-6-13-9(11)4-2-5-10-7-9;1-2/h10H,2-7H2,1H3;1-2H3. The van der Waals surface area contributed by atoms with Crippen LogP contribution in [0.5, 0.6) is 0 Å². The van der Waals surface area contributed by atoms with Gasteiger partial charge in [0.15, 0.2) is 5.72 Å². The van der Waals surface area contributed by atoms with E-state index in [1.54, 1.807) is 4.90 Å². The molecule has 1 atom stereocenters. The van der Waals surface area contributed by atoms with E-state index in [2.05, 4.69) is 5.32 Å². The SMILES string of the molecule is CC.CN1C(=O)CCOC12CCCNC2. The highest BCUT2D eigenvalue weighted by molar-refractivity contribution is 5.77. The molecular formula is C11H22N2O2. The zero-order valence-electron chi connectivity index (χ0n) is 10.0. The number of amides is 1. The van der Waals surface area contributed by atoms with Crippen molar-refractivity contribution in [2.24, 2.45) is 0 Å². The molecule has 2 rings (SSSR count). The summed E-state index contributed by atoms with van der Waals surface area (Å²) in [6.45, 7) is 6.38. The Morgan fingerprint density at radius 3 is 2.80 bits per heavy atom. The first-order chi connectivity index (χ1) is 7.25. The molecule has 2 aliphatic heterocycles. The lowest BCUT2D eigenvalue weighted by Crippen LogP contribution is -2.62. The number of likely N-dealkylation sites (N-methyl/N-ethyl adjacent to an activating group) is 1. The zero-order chi connectivity index (χ0) is 11.3. The molecule has 0 bridgehead atoms. The van der Waals surface area contributed by atoms with Crippen LogP contribution in [-0.2, 0) is 9.53 Å². The van der Waals surface area contributed by atoms with Crippen molar-refractivity contribution in [1.82, 2.24) is 10.2 Å². The Balaban J connectivity index is 0.000000531. The monoisotopic (exact) mass is 214 g/mol. The molecule has 2 heterocycles. The predicted octanol–water partition coefficient (Wildman–Crippen LogP) is 0.971. The summed E-state index contributed by atoms with van der Waals surface area (Å²) in [4.78, 5) is 13.3. The number of hydrogen-bond donors (Lipinski definition) is 1. The molecule has 0 aromatic rings. The molecule has 4 heteroatoms. The van der Waals surface area contributed by atoms with E-state index in [9.17, 15) is 4.79 Å². The average Bonchev–Trinajstić information content (AvgIpc) is 2.30. The molecule has 0 radical (unpaired) electrons. The molecule has 1 N–H and O–H groups in total. The minimum Gasteiger partial charge on any atom is -0.354 e. The van der Waals surface area contributed by atoms with E-state index in [0.717, 1.165) is 25.9 Å². The van der Waals surface area contributed by atoms with Crippen LogP contribution in [0.1, 0.15) is 33.1 Å². The van der Waals surface area contributed by atoms with Gasteiger partial charge in [-0.1, -0.05) is 13.8 Å². The van der Waals surface area contributed by atoms with Crippen molar-refractivity contribution >= 4 is 5.91 Å². The van der Waals surface area contributed by atoms with Crippen molar-refractivity contribution in [3.8, 4) is 0 Å². The predicted molar refractivity (Wildman–Crippen MR) is 59.5 cm³/mol. The number of nitrogens with one attached hydrogen (secondary N) is 1. The van der Waals surface area contributed by atoms with E-state index >= 15 is 0 Å². The summed E-state index contributed by atoms with van der Waals surface area (Å²) in [7, 11) is 1.84. The maximum absolute atomic E-state index is 11.5. The molecule has 0 aliphatic carbocycles. The minimum atomic E-state index is -0.340. The van der Waals surface area contributed by atoms with Crippen LogP contribution >= 0.6 is 0 Å². The minimum absolute atomic E-state index is 0.204. The van der Waals surface area contributed by atoms with Crippen LogP contribution < -0.4 is 5.32 Å². The van der Waals surface area contributed by atoms with Crippen LogP contribution in [0.25, 0.3) is 0 Å². The van der Waals surface area contributed by atoms with Crippen LogP contribution in [-0.4, -0.2) is 43.3 Å². The summed E-state index contributed by atoms with van der Waals surface area (Å²) in [5.74, 6) is 0.204. The highest BCUT2D eigenvalue weighted by Gasteiger charge is 2.42. The smallest absolute Gasteiger partial charge is 0.226 e. The molecule has 0 aromatic heterocycles. The molecule has 2 saturated heterocycles. The molecule has 15 heavy (non-hydrogen) atoms. The molecule has 4 nitrogen and oxygen atoms in total. The number of rotatable bonds is 0. The molecule has 1 spiro atoms. The van der Waals surface area contributed by atoms with E-state index in [0.29, 0.717) is 13.0 Å². The number of carbonyl (C=O) groups is 1. The van der Waals surface area contributed by atoms with Gasteiger partial charge in [0, 0.05) is 13.6 Å². The Morgan fingerprint density at radius 1 is 1.47 bits per heavy atom. The summed E-state index contributed by atoms with van der Waals surface area (Å²) in [6.07, 6.45) is 2.57. The number of ether oxygens (including phenoxy) is 1. The lowest BCUT2D eigenvalue weighted by Gasteiger charge is -2.47. The molecule has 1 amide bonds. The first-order valence-corrected chi connectivity index (χ1v) is 5.86. The topological polar surface area (TPSA) is 41.6 Å². The third-order valence-electron chi connectivity index (χ3n) is 2.99. The van der Waals surface area contributed by atoms with Gasteiger partial charge in [-0.3, -0.25) is 4.79 Å². The maximum Gasteiger partial charge on any atom is 0.226 e. The van der Waals surface area contributed by atoms with Crippen LogP contribution in [0.4, 0.5) is 0 Å². The molecule has 88 valence electrons. The molecule has 2 fully saturated rings. The van der Waals surface area contributed by atoms with Crippen LogP contribution in [0, 0.1) is 0 Å². The number of hydrogen-bond acceptors (Lipinski definition) is 3. The van der Waals surface area contributed by atoms with Crippen LogP contribution in [0.2, 0.25) is 0 Å². The summed E-state index contributed by atoms with van der Waals surface area (Å²) in [5, 5.41) is 3.28. The largest absolute Gasteiger partial charge is 0.354 e. The van der Waals surface area contributed by atoms with Gasteiger partial charge in [-0.2, -0.15) is 0 Å². The van der Waals surface area contributed by atoms with E-state index in [1.807, 2.05) is 20.9 Å². The molecule has 1 unspecified atom stereocenters. The highest BCUT2D eigenvalue weighted by atomic mass is 16.5. The van der Waals surface area contributed by atoms with Gasteiger partial charge in [0.2, 0.25) is 5.91 Å². The second kappa shape index (κ2) is 5.47. The average molecular weight is 214 g/mol. The fourth-order valence-corrected chi connectivity index (χ4v) is 2.09. The summed E-state index contributed by atoms with van der Waals surface area (Å²) in [5.41, 5.74) is -0.340. The quantitative estimate of drug-likeness (QED) is 0.653. The fraction of sp³-hybridized carbons (Fsp3) is 0.909. The van der Waals surface area contributed by atoms with Crippen molar-refractivity contribution in [3.63, 3.8) is 0 Å². The van der Waals surface area contributed by atoms with Crippen molar-refractivity contribution in [2.45, 2.75) is 38.8 Å². The normalized spacial score (nSPS) is 31.1. The van der Waals surface area contributed by atoms with Gasteiger partial charge < -0.3 is 15.0 Å². The van der Waals surface area contributed by atoms with E-state index in [1.165, 1.54) is 0 Å². The van der Waals surface area contributed by atoms with E-state index in [-0.39, 0.29) is 11.6 Å². The van der Waals surface area contributed by atoms with Gasteiger partial charge in [-0.15, -0.1) is 0 Å². The Hall–Kier alpha value is -0.610. The lowest BCUT2D eigenvalue weighted by atomic mass is 9.99. The molecular weight excluding hydrogens is 192 g/mol. The third kappa shape index (κ3) is 2.49. The van der Waals surface area contributed by atoms with Crippen LogP contribution in [0.15, 0.2) is 0 Å². The maximum atomic E-state index is 11.5. The Labute approximate surface area is 92.0 Å². The number of nitrogens with zero attached hydrogens (tertiary/aromatic N) is 1. The Kier molecular flexibility index (Phi) is 4.54. The second-order valence-corrected chi connectivity index (χ2v) is 3.78. The fourth-order valence-electron chi connectivity index (χ4n) is 2.09. The zero-order valence-corrected chi connectivity index (χ0v) is 10.0. The molecule has 2 aliphatic rings. The third-order valence-corrected chi connectivity index (χ3v) is 2.99. The van der Waals surface area contributed by atoms with E-state index < -0.39 is 0 Å². The van der Waals surface area contributed by atoms with Gasteiger partial charge in [0.1, 0.15) is 0 Å². The van der Waals surface area contributed by atoms with E-state index in [4.69, 9.17) is 4.74 Å². The lowest BCUT2D eigenvalue weighted by molar-refractivity contribution is -0.196. The summed E-state index contributed by atoms with van der Waals surface area (Å²) < 4.78 is 5.73. The van der Waals surface area contributed by atoms with Crippen molar-refractivity contribution in [1.29, 1.82) is 0 Å². The number of piperidine rings is 1. The van der Waals surface area contributed by atoms with Gasteiger partial charge in [0.05, 0.1) is 13.0 Å². The van der Waals surface area contributed by atoms with Crippen molar-refractivity contribution < 1.29 is 9.53 Å². The highest BCUT2D eigenvalue weighted by Crippen LogP contribution is 2.28. The summed E-state index contributed by atoms with van der Waals surface area (Å²) in [6, 6.07) is 0. The van der Waals surface area contributed by atoms with Crippen molar-refractivity contribution in [3.05, 3.63) is 0 Å². The molecule has 0 saturated carbocycles. The first-order valence-electron chi connectivity index (χ1n) is 5.86. The second-order valence-electron chi connectivity index (χ2n) is 3.78. The van der Waals surface area contributed by atoms with Gasteiger partial charge in [0.25, 0.3) is 0 Å². The van der Waals surface area contributed by atoms with Gasteiger partial charge in [-0.05, 0) is 19.4 Å². The van der Waals surface area contributed by atoms with Gasteiger partial charge in [-0.25, -0.2) is 0 Å². The van der Waals surface area contributed by atoms with Crippen LogP contribution in [0.3, 0.4) is 0 Å². The van der Waals surface area contributed by atoms with Gasteiger partial charge >= 0.3 is 0 Å². The number of carbonyl (C=O) groups excluding carboxylic acids is 1. The Bertz CT molecular complexity index is 207. The first kappa shape index (κ1) is 12.5.